The topological polar surface area (TPSA) is 20.2 Å². The van der Waals surface area contributed by atoms with Gasteiger partial charge in [0.25, 0.3) is 0 Å². The standard InChI is InChI=1S/C11H18O.C2H6/c1-6-7-10(8(2)3)11(12)9(4)5;1-2/h6-8,12H,4H2,1-3,5H3;1-2H3/b7-6-,11-10-;. The van der Waals surface area contributed by atoms with Gasteiger partial charge >= 0.3 is 0 Å². The van der Waals surface area contributed by atoms with Gasteiger partial charge in [-0.25, -0.2) is 0 Å². The maximum atomic E-state index is 9.62. The van der Waals surface area contributed by atoms with Crippen LogP contribution in [0.3, 0.4) is 0 Å². The van der Waals surface area contributed by atoms with Crippen molar-refractivity contribution >= 4 is 0 Å². The second-order valence-electron chi connectivity index (χ2n) is 3.24. The summed E-state index contributed by atoms with van der Waals surface area (Å²) < 4.78 is 0. The minimum Gasteiger partial charge on any atom is -0.507 e. The Bertz CT molecular complexity index is 219. The molecule has 0 bridgehead atoms. The molecule has 0 saturated carbocycles. The first-order valence-corrected chi connectivity index (χ1v) is 5.22. The van der Waals surface area contributed by atoms with E-state index in [1.165, 1.54) is 0 Å². The summed E-state index contributed by atoms with van der Waals surface area (Å²) in [4.78, 5) is 0. The van der Waals surface area contributed by atoms with Crippen LogP contribution < -0.4 is 0 Å². The van der Waals surface area contributed by atoms with E-state index in [-0.39, 0.29) is 0 Å². The molecule has 0 aromatic rings. The molecule has 0 amide bonds. The molecule has 0 saturated heterocycles. The lowest BCUT2D eigenvalue weighted by molar-refractivity contribution is 0.411. The van der Waals surface area contributed by atoms with Crippen LogP contribution in [0, 0.1) is 5.92 Å². The van der Waals surface area contributed by atoms with Crippen LogP contribution in [0.5, 0.6) is 0 Å². The van der Waals surface area contributed by atoms with E-state index in [0.29, 0.717) is 11.7 Å². The second kappa shape index (κ2) is 8.61. The molecule has 0 aromatic carbocycles. The highest BCUT2D eigenvalue weighted by Crippen LogP contribution is 2.18. The van der Waals surface area contributed by atoms with Crippen LogP contribution in [0.2, 0.25) is 0 Å². The molecular formula is C13H24O. The van der Waals surface area contributed by atoms with Gasteiger partial charge in [0.1, 0.15) is 5.76 Å². The number of hydrogen-bond donors (Lipinski definition) is 1. The van der Waals surface area contributed by atoms with Gasteiger partial charge in [0.2, 0.25) is 0 Å². The average Bonchev–Trinajstić information content (AvgIpc) is 2.15. The third kappa shape index (κ3) is 5.63. The normalized spacial score (nSPS) is 12.2. The molecule has 0 radical (unpaired) electrons. The molecule has 1 N–H and O–H groups in total. The fourth-order valence-electron chi connectivity index (χ4n) is 0.971. The smallest absolute Gasteiger partial charge is 0.121 e. The molecule has 0 aromatic heterocycles. The van der Waals surface area contributed by atoms with Crippen molar-refractivity contribution in [3.63, 3.8) is 0 Å². The Morgan fingerprint density at radius 2 is 1.71 bits per heavy atom. The van der Waals surface area contributed by atoms with E-state index in [4.69, 9.17) is 0 Å². The third-order valence-electron chi connectivity index (χ3n) is 1.65. The lowest BCUT2D eigenvalue weighted by Crippen LogP contribution is -1.97. The fraction of sp³-hybridized carbons (Fsp3) is 0.538. The summed E-state index contributed by atoms with van der Waals surface area (Å²) in [5, 5.41) is 9.62. The average molecular weight is 196 g/mol. The Labute approximate surface area is 88.8 Å². The van der Waals surface area contributed by atoms with E-state index in [0.717, 1.165) is 11.1 Å². The summed E-state index contributed by atoms with van der Waals surface area (Å²) in [6, 6.07) is 0. The lowest BCUT2D eigenvalue weighted by Gasteiger charge is -2.09. The minimum atomic E-state index is 0.322. The van der Waals surface area contributed by atoms with E-state index in [1.807, 2.05) is 32.9 Å². The molecule has 1 nitrogen and oxygen atoms in total. The van der Waals surface area contributed by atoms with E-state index in [9.17, 15) is 5.11 Å². The largest absolute Gasteiger partial charge is 0.507 e. The first-order valence-electron chi connectivity index (χ1n) is 5.22. The molecular weight excluding hydrogens is 172 g/mol. The Morgan fingerprint density at radius 3 is 1.93 bits per heavy atom. The number of aliphatic hydroxyl groups excluding tert-OH is 1. The molecule has 0 unspecified atom stereocenters. The van der Waals surface area contributed by atoms with Gasteiger partial charge in [0.15, 0.2) is 0 Å². The van der Waals surface area contributed by atoms with Crippen molar-refractivity contribution in [1.82, 2.24) is 0 Å². The van der Waals surface area contributed by atoms with Crippen LogP contribution in [0.15, 0.2) is 35.6 Å². The van der Waals surface area contributed by atoms with Crippen LogP contribution in [-0.4, -0.2) is 5.11 Å². The highest BCUT2D eigenvalue weighted by Gasteiger charge is 2.06. The van der Waals surface area contributed by atoms with Gasteiger partial charge in [0.05, 0.1) is 0 Å². The molecule has 0 aliphatic heterocycles. The van der Waals surface area contributed by atoms with Gasteiger partial charge in [-0.3, -0.25) is 0 Å². The fourth-order valence-corrected chi connectivity index (χ4v) is 0.971. The molecule has 0 aliphatic rings. The van der Waals surface area contributed by atoms with Crippen LogP contribution in [-0.2, 0) is 0 Å². The number of aliphatic hydroxyl groups is 1. The SMILES string of the molecule is C=C(C)/C(O)=C(\C=C/C)C(C)C.CC. The molecule has 0 spiro atoms. The van der Waals surface area contributed by atoms with Crippen LogP contribution in [0.25, 0.3) is 0 Å². The third-order valence-corrected chi connectivity index (χ3v) is 1.65. The van der Waals surface area contributed by atoms with Crippen molar-refractivity contribution in [1.29, 1.82) is 0 Å². The molecule has 0 aliphatic carbocycles. The lowest BCUT2D eigenvalue weighted by atomic mass is 9.99. The van der Waals surface area contributed by atoms with Gasteiger partial charge in [0, 0.05) is 0 Å². The summed E-state index contributed by atoms with van der Waals surface area (Å²) in [7, 11) is 0. The molecule has 0 rings (SSSR count). The van der Waals surface area contributed by atoms with Crippen LogP contribution >= 0.6 is 0 Å². The molecule has 82 valence electrons. The maximum Gasteiger partial charge on any atom is 0.121 e. The van der Waals surface area contributed by atoms with Gasteiger partial charge in [-0.15, -0.1) is 0 Å². The molecule has 14 heavy (non-hydrogen) atoms. The van der Waals surface area contributed by atoms with E-state index >= 15 is 0 Å². The summed E-state index contributed by atoms with van der Waals surface area (Å²) in [6.07, 6.45) is 3.85. The Morgan fingerprint density at radius 1 is 1.29 bits per heavy atom. The van der Waals surface area contributed by atoms with Crippen LogP contribution in [0.4, 0.5) is 0 Å². The number of allylic oxidation sites excluding steroid dienone is 4. The van der Waals surface area contributed by atoms with Crippen LogP contribution in [0.1, 0.15) is 41.5 Å². The van der Waals surface area contributed by atoms with Gasteiger partial charge in [-0.2, -0.15) is 0 Å². The summed E-state index contributed by atoms with van der Waals surface area (Å²) >= 11 is 0. The maximum absolute atomic E-state index is 9.62. The quantitative estimate of drug-likeness (QED) is 0.515. The first kappa shape index (κ1) is 15.5. The summed E-state index contributed by atoms with van der Waals surface area (Å²) in [5.41, 5.74) is 1.67. The predicted molar refractivity (Wildman–Crippen MR) is 65.5 cm³/mol. The molecule has 0 fully saturated rings. The first-order chi connectivity index (χ1) is 6.50. The van der Waals surface area contributed by atoms with Crippen molar-refractivity contribution in [3.8, 4) is 0 Å². The van der Waals surface area contributed by atoms with Crippen molar-refractivity contribution in [2.75, 3.05) is 0 Å². The Balaban J connectivity index is 0. The monoisotopic (exact) mass is 196 g/mol. The predicted octanol–water partition coefficient (Wildman–Crippen LogP) is 4.63. The van der Waals surface area contributed by atoms with Crippen molar-refractivity contribution < 1.29 is 5.11 Å². The second-order valence-corrected chi connectivity index (χ2v) is 3.24. The zero-order chi connectivity index (χ0) is 11.7. The van der Waals surface area contributed by atoms with Crippen molar-refractivity contribution in [2.45, 2.75) is 41.5 Å². The van der Waals surface area contributed by atoms with E-state index < -0.39 is 0 Å². The number of rotatable bonds is 3. The molecule has 0 atom stereocenters. The minimum absolute atomic E-state index is 0.322. The van der Waals surface area contributed by atoms with Gasteiger partial charge in [-0.1, -0.05) is 46.4 Å². The Hall–Kier alpha value is -0.980. The zero-order valence-corrected chi connectivity index (χ0v) is 10.4. The summed E-state index contributed by atoms with van der Waals surface area (Å²) in [5.74, 6) is 0.654. The van der Waals surface area contributed by atoms with Crippen molar-refractivity contribution in [3.05, 3.63) is 35.6 Å². The Kier molecular flexibility index (Phi) is 9.53. The number of hydrogen-bond acceptors (Lipinski definition) is 1. The van der Waals surface area contributed by atoms with E-state index in [1.54, 1.807) is 6.92 Å². The highest BCUT2D eigenvalue weighted by atomic mass is 16.3. The molecule has 1 heteroatoms. The summed E-state index contributed by atoms with van der Waals surface area (Å²) in [6.45, 7) is 15.5. The molecule has 0 heterocycles. The van der Waals surface area contributed by atoms with Gasteiger partial charge < -0.3 is 5.11 Å². The van der Waals surface area contributed by atoms with Gasteiger partial charge in [-0.05, 0) is 30.9 Å². The zero-order valence-electron chi connectivity index (χ0n) is 10.4. The highest BCUT2D eigenvalue weighted by molar-refractivity contribution is 5.33. The van der Waals surface area contributed by atoms with Crippen molar-refractivity contribution in [2.24, 2.45) is 5.92 Å². The van der Waals surface area contributed by atoms with E-state index in [2.05, 4.69) is 20.4 Å².